The Morgan fingerprint density at radius 1 is 1.07 bits per heavy atom. The van der Waals surface area contributed by atoms with Gasteiger partial charge in [-0.15, -0.1) is 11.3 Å². The van der Waals surface area contributed by atoms with Gasteiger partial charge in [-0.05, 0) is 46.9 Å². The van der Waals surface area contributed by atoms with Crippen LogP contribution in [0.3, 0.4) is 0 Å². The number of hydrogen-bond acceptors (Lipinski definition) is 3. The number of carbonyl (C=O) groups excluding carboxylic acids is 1. The fourth-order valence-corrected chi connectivity index (χ4v) is 3.22. The third-order valence-corrected chi connectivity index (χ3v) is 4.84. The van der Waals surface area contributed by atoms with Crippen LogP contribution in [-0.2, 0) is 10.2 Å². The lowest BCUT2D eigenvalue weighted by atomic mass is 9.87. The van der Waals surface area contributed by atoms with Crippen molar-refractivity contribution in [3.63, 3.8) is 0 Å². The van der Waals surface area contributed by atoms with Crippen molar-refractivity contribution in [2.45, 2.75) is 26.2 Å². The Kier molecular flexibility index (Phi) is 5.51. The molecule has 0 atom stereocenters. The fourth-order valence-electron chi connectivity index (χ4n) is 2.50. The van der Waals surface area contributed by atoms with Crippen LogP contribution in [0.4, 0.5) is 9.52 Å². The molecule has 0 aliphatic carbocycles. The van der Waals surface area contributed by atoms with Gasteiger partial charge < -0.3 is 0 Å². The monoisotopic (exact) mass is 380 g/mol. The molecule has 0 saturated carbocycles. The number of nitrogens with zero attached hydrogens (tertiary/aromatic N) is 1. The van der Waals surface area contributed by atoms with Gasteiger partial charge in [0, 0.05) is 17.0 Å². The summed E-state index contributed by atoms with van der Waals surface area (Å²) in [7, 11) is 0. The summed E-state index contributed by atoms with van der Waals surface area (Å²) in [6.07, 6.45) is 3.27. The second-order valence-corrected chi connectivity index (χ2v) is 8.10. The van der Waals surface area contributed by atoms with Crippen molar-refractivity contribution in [1.29, 1.82) is 0 Å². The summed E-state index contributed by atoms with van der Waals surface area (Å²) >= 11 is 1.33. The minimum Gasteiger partial charge on any atom is -0.298 e. The molecule has 0 radical (unpaired) electrons. The van der Waals surface area contributed by atoms with E-state index in [4.69, 9.17) is 0 Å². The number of rotatable bonds is 4. The Labute approximate surface area is 162 Å². The number of nitrogens with one attached hydrogen (secondary N) is 1. The second kappa shape index (κ2) is 7.84. The molecule has 138 valence electrons. The molecule has 0 spiro atoms. The van der Waals surface area contributed by atoms with E-state index in [1.54, 1.807) is 18.2 Å². The van der Waals surface area contributed by atoms with Gasteiger partial charge in [-0.2, -0.15) is 0 Å². The number of anilines is 1. The second-order valence-electron chi connectivity index (χ2n) is 7.24. The van der Waals surface area contributed by atoms with Gasteiger partial charge in [0.2, 0.25) is 5.91 Å². The van der Waals surface area contributed by atoms with E-state index in [9.17, 15) is 9.18 Å². The maximum absolute atomic E-state index is 13.0. The van der Waals surface area contributed by atoms with E-state index in [0.29, 0.717) is 10.8 Å². The van der Waals surface area contributed by atoms with Crippen LogP contribution in [0.25, 0.3) is 17.3 Å². The van der Waals surface area contributed by atoms with Crippen LogP contribution in [-0.4, -0.2) is 10.9 Å². The number of benzene rings is 2. The SMILES string of the molecule is CC(C)(C)c1ccc(/C=C\C(=O)Nc2nc(-c3ccc(F)cc3)cs2)cc1. The Morgan fingerprint density at radius 2 is 1.74 bits per heavy atom. The lowest BCUT2D eigenvalue weighted by Crippen LogP contribution is -2.10. The number of hydrogen-bond donors (Lipinski definition) is 1. The number of halogens is 1. The number of amides is 1. The smallest absolute Gasteiger partial charge is 0.250 e. The quantitative estimate of drug-likeness (QED) is 0.573. The standard InChI is InChI=1S/C22H21FN2OS/c1-22(2,3)17-9-4-15(5-10-17)6-13-20(26)25-21-24-19(14-27-21)16-7-11-18(23)12-8-16/h4-14H,1-3H3,(H,24,25,26)/b13-6-. The maximum atomic E-state index is 13.0. The summed E-state index contributed by atoms with van der Waals surface area (Å²) in [6, 6.07) is 14.3. The van der Waals surface area contributed by atoms with Crippen molar-refractivity contribution in [2.75, 3.05) is 5.32 Å². The van der Waals surface area contributed by atoms with Gasteiger partial charge in [-0.1, -0.05) is 45.0 Å². The molecule has 0 fully saturated rings. The summed E-state index contributed by atoms with van der Waals surface area (Å²) in [6.45, 7) is 6.50. The summed E-state index contributed by atoms with van der Waals surface area (Å²) in [5, 5.41) is 5.09. The van der Waals surface area contributed by atoms with E-state index in [1.165, 1.54) is 35.1 Å². The minimum atomic E-state index is -0.289. The van der Waals surface area contributed by atoms with Crippen LogP contribution >= 0.6 is 11.3 Å². The molecule has 0 aliphatic rings. The summed E-state index contributed by atoms with van der Waals surface area (Å²) < 4.78 is 13.0. The first kappa shape index (κ1) is 19.0. The molecule has 0 aliphatic heterocycles. The van der Waals surface area contributed by atoms with Gasteiger partial charge in [0.1, 0.15) is 5.82 Å². The largest absolute Gasteiger partial charge is 0.298 e. The van der Waals surface area contributed by atoms with Crippen molar-refractivity contribution >= 4 is 28.5 Å². The van der Waals surface area contributed by atoms with Crippen LogP contribution in [0.15, 0.2) is 60.0 Å². The molecule has 3 aromatic rings. The van der Waals surface area contributed by atoms with Crippen LogP contribution in [0.2, 0.25) is 0 Å². The predicted molar refractivity (Wildman–Crippen MR) is 110 cm³/mol. The highest BCUT2D eigenvalue weighted by atomic mass is 32.1. The lowest BCUT2D eigenvalue weighted by molar-refractivity contribution is -0.111. The van der Waals surface area contributed by atoms with E-state index < -0.39 is 0 Å². The summed E-state index contributed by atoms with van der Waals surface area (Å²) in [5.41, 5.74) is 3.83. The lowest BCUT2D eigenvalue weighted by Gasteiger charge is -2.18. The fraction of sp³-hybridized carbons (Fsp3) is 0.182. The molecule has 0 bridgehead atoms. The molecule has 1 N–H and O–H groups in total. The molecular formula is C22H21FN2OS. The summed E-state index contributed by atoms with van der Waals surface area (Å²) in [4.78, 5) is 16.5. The van der Waals surface area contributed by atoms with E-state index in [1.807, 2.05) is 17.5 Å². The molecule has 2 aromatic carbocycles. The van der Waals surface area contributed by atoms with Crippen molar-refractivity contribution in [1.82, 2.24) is 4.98 Å². The zero-order valence-corrected chi connectivity index (χ0v) is 16.3. The zero-order valence-electron chi connectivity index (χ0n) is 15.5. The Balaban J connectivity index is 1.62. The highest BCUT2D eigenvalue weighted by molar-refractivity contribution is 7.14. The van der Waals surface area contributed by atoms with E-state index >= 15 is 0 Å². The number of aromatic nitrogens is 1. The normalized spacial score (nSPS) is 11.7. The third kappa shape index (κ3) is 5.11. The third-order valence-electron chi connectivity index (χ3n) is 4.08. The molecule has 1 amide bonds. The molecule has 0 saturated heterocycles. The zero-order chi connectivity index (χ0) is 19.4. The van der Waals surface area contributed by atoms with Crippen LogP contribution < -0.4 is 5.32 Å². The Hall–Kier alpha value is -2.79. The molecule has 27 heavy (non-hydrogen) atoms. The van der Waals surface area contributed by atoms with Crippen LogP contribution in [0.1, 0.15) is 31.9 Å². The first-order valence-electron chi connectivity index (χ1n) is 8.62. The molecule has 1 aromatic heterocycles. The van der Waals surface area contributed by atoms with Gasteiger partial charge >= 0.3 is 0 Å². The van der Waals surface area contributed by atoms with Crippen molar-refractivity contribution < 1.29 is 9.18 Å². The highest BCUT2D eigenvalue weighted by Gasteiger charge is 2.12. The molecule has 3 nitrogen and oxygen atoms in total. The average Bonchev–Trinajstić information content (AvgIpc) is 3.08. The molecule has 5 heteroatoms. The predicted octanol–water partition coefficient (Wildman–Crippen LogP) is 5.90. The maximum Gasteiger partial charge on any atom is 0.250 e. The van der Waals surface area contributed by atoms with Crippen LogP contribution in [0.5, 0.6) is 0 Å². The first-order valence-corrected chi connectivity index (χ1v) is 9.50. The van der Waals surface area contributed by atoms with Crippen molar-refractivity contribution in [2.24, 2.45) is 0 Å². The summed E-state index contributed by atoms with van der Waals surface area (Å²) in [5.74, 6) is -0.530. The molecule has 1 heterocycles. The van der Waals surface area contributed by atoms with Gasteiger partial charge in [-0.3, -0.25) is 10.1 Å². The van der Waals surface area contributed by atoms with Crippen molar-refractivity contribution in [3.05, 3.63) is 76.9 Å². The first-order chi connectivity index (χ1) is 12.8. The molecule has 3 rings (SSSR count). The van der Waals surface area contributed by atoms with Gasteiger partial charge in [-0.25, -0.2) is 9.37 Å². The number of carbonyl (C=O) groups is 1. The molecular weight excluding hydrogens is 359 g/mol. The van der Waals surface area contributed by atoms with E-state index in [2.05, 4.69) is 43.2 Å². The minimum absolute atomic E-state index is 0.104. The van der Waals surface area contributed by atoms with E-state index in [-0.39, 0.29) is 17.1 Å². The topological polar surface area (TPSA) is 42.0 Å². The molecule has 0 unspecified atom stereocenters. The van der Waals surface area contributed by atoms with E-state index in [0.717, 1.165) is 11.1 Å². The van der Waals surface area contributed by atoms with Crippen LogP contribution in [0, 0.1) is 5.82 Å². The average molecular weight is 380 g/mol. The highest BCUT2D eigenvalue weighted by Crippen LogP contribution is 2.25. The van der Waals surface area contributed by atoms with Crippen molar-refractivity contribution in [3.8, 4) is 11.3 Å². The Morgan fingerprint density at radius 3 is 2.37 bits per heavy atom. The van der Waals surface area contributed by atoms with Gasteiger partial charge in [0.25, 0.3) is 0 Å². The Bertz CT molecular complexity index is 951. The van der Waals surface area contributed by atoms with Gasteiger partial charge in [0.05, 0.1) is 5.69 Å². The van der Waals surface area contributed by atoms with Gasteiger partial charge in [0.15, 0.2) is 5.13 Å². The number of thiazole rings is 1.